The molecule has 6 rings (SSSR count). The number of fused-ring (bicyclic) bond motifs is 6. The van der Waals surface area contributed by atoms with Crippen LogP contribution in [0.2, 0.25) is 0 Å². The van der Waals surface area contributed by atoms with Gasteiger partial charge < -0.3 is 5.11 Å². The molecule has 3 aromatic heterocycles. The summed E-state index contributed by atoms with van der Waals surface area (Å²) in [4.78, 5) is 18.6. The summed E-state index contributed by atoms with van der Waals surface area (Å²) in [5.74, 6) is 0.949. The number of carbonyl (C=O) groups is 1. The van der Waals surface area contributed by atoms with Crippen molar-refractivity contribution in [2.45, 2.75) is 121 Å². The number of benzene rings is 3. The summed E-state index contributed by atoms with van der Waals surface area (Å²) in [7, 11) is 0. The monoisotopic (exact) mass is 925 g/mol. The van der Waals surface area contributed by atoms with Crippen molar-refractivity contribution in [3.63, 3.8) is 0 Å². The van der Waals surface area contributed by atoms with E-state index in [4.69, 9.17) is 4.98 Å². The smallest absolute Gasteiger partial charge is 0.164 e. The topological polar surface area (TPSA) is 50.2 Å². The zero-order valence-electron chi connectivity index (χ0n) is 33.8. The molecule has 3 nitrogen and oxygen atoms in total. The molecule has 6 heteroatoms. The number of rotatable bonds is 10. The van der Waals surface area contributed by atoms with Crippen LogP contribution in [-0.2, 0) is 36.7 Å². The summed E-state index contributed by atoms with van der Waals surface area (Å²) in [6, 6.07) is 21.5. The molecule has 53 heavy (non-hydrogen) atoms. The van der Waals surface area contributed by atoms with Crippen molar-refractivity contribution < 1.29 is 30.0 Å². The Hall–Kier alpha value is -2.89. The van der Waals surface area contributed by atoms with E-state index in [1.54, 1.807) is 0 Å². The van der Waals surface area contributed by atoms with E-state index < -0.39 is 0 Å². The molecule has 1 radical (unpaired) electrons. The van der Waals surface area contributed by atoms with Crippen molar-refractivity contribution in [3.05, 3.63) is 88.6 Å². The molecule has 0 fully saturated rings. The van der Waals surface area contributed by atoms with Crippen LogP contribution in [0.1, 0.15) is 118 Å². The molecular weight excluding hydrogens is 867 g/mol. The third-order valence-corrected chi connectivity index (χ3v) is 14.3. The van der Waals surface area contributed by atoms with Gasteiger partial charge >= 0.3 is 0 Å². The van der Waals surface area contributed by atoms with E-state index in [-0.39, 0.29) is 47.9 Å². The van der Waals surface area contributed by atoms with E-state index >= 15 is 0 Å². The van der Waals surface area contributed by atoms with Gasteiger partial charge in [-0.25, -0.2) is 0 Å². The average Bonchev–Trinajstić information content (AvgIpc) is 3.66. The maximum absolute atomic E-state index is 12.2. The fourth-order valence-electron chi connectivity index (χ4n) is 6.91. The number of allylic oxidation sites excluding steroid dienone is 2. The van der Waals surface area contributed by atoms with Crippen LogP contribution < -0.4 is 0 Å². The van der Waals surface area contributed by atoms with Gasteiger partial charge in [-0.3, -0.25) is 9.78 Å². The van der Waals surface area contributed by atoms with Gasteiger partial charge in [-0.05, 0) is 72.8 Å². The molecule has 0 bridgehead atoms. The third kappa shape index (κ3) is 8.52. The van der Waals surface area contributed by atoms with Crippen LogP contribution >= 0.6 is 22.7 Å². The predicted molar refractivity (Wildman–Crippen MR) is 229 cm³/mol. The molecule has 3 heterocycles. The molecule has 0 aliphatic rings. The molecule has 3 aromatic carbocycles. The molecule has 6 aromatic rings. The summed E-state index contributed by atoms with van der Waals surface area (Å²) in [6.45, 7) is 25.9. The van der Waals surface area contributed by atoms with Gasteiger partial charge in [-0.1, -0.05) is 117 Å². The van der Waals surface area contributed by atoms with E-state index in [9.17, 15) is 9.90 Å². The minimum atomic E-state index is -0.337. The van der Waals surface area contributed by atoms with Gasteiger partial charge in [0.05, 0.1) is 9.40 Å². The Labute approximate surface area is 339 Å². The first-order valence-corrected chi connectivity index (χ1v) is 20.8. The summed E-state index contributed by atoms with van der Waals surface area (Å²) in [5.41, 5.74) is 4.36. The van der Waals surface area contributed by atoms with Crippen LogP contribution in [-0.4, -0.2) is 15.9 Å². The fourth-order valence-corrected chi connectivity index (χ4v) is 9.86. The van der Waals surface area contributed by atoms with Gasteiger partial charge in [0.2, 0.25) is 0 Å². The second kappa shape index (κ2) is 16.9. The number of thiophene rings is 2. The molecule has 0 spiro atoms. The van der Waals surface area contributed by atoms with Gasteiger partial charge in [0.25, 0.3) is 0 Å². The second-order valence-electron chi connectivity index (χ2n) is 16.5. The molecule has 285 valence electrons. The number of hydrogen-bond donors (Lipinski definition) is 1. The second-order valence-corrected chi connectivity index (χ2v) is 18.7. The van der Waals surface area contributed by atoms with Gasteiger partial charge in [-0.15, -0.1) is 51.8 Å². The molecule has 0 aliphatic heterocycles. The first-order valence-electron chi connectivity index (χ1n) is 19.1. The number of aryl methyl sites for hydroxylation is 1. The predicted octanol–water partition coefficient (Wildman–Crippen LogP) is 14.7. The van der Waals surface area contributed by atoms with Crippen LogP contribution in [0.4, 0.5) is 0 Å². The Morgan fingerprint density at radius 2 is 1.40 bits per heavy atom. The van der Waals surface area contributed by atoms with Crippen LogP contribution in [0.25, 0.3) is 52.3 Å². The van der Waals surface area contributed by atoms with Gasteiger partial charge in [-0.2, -0.15) is 0 Å². The number of carbonyl (C=O) groups excluding carboxylic acids is 1. The molecule has 1 N–H and O–H groups in total. The van der Waals surface area contributed by atoms with Gasteiger partial charge in [0.1, 0.15) is 5.76 Å². The van der Waals surface area contributed by atoms with Gasteiger partial charge in [0, 0.05) is 63.9 Å². The van der Waals surface area contributed by atoms with Crippen LogP contribution in [0.5, 0.6) is 0 Å². The molecule has 0 atom stereocenters. The molecular formula is C47H58IrNO2S2-. The first kappa shape index (κ1) is 42.8. The van der Waals surface area contributed by atoms with Gasteiger partial charge in [0.15, 0.2) is 5.78 Å². The molecule has 0 unspecified atom stereocenters. The zero-order chi connectivity index (χ0) is 38.2. The maximum Gasteiger partial charge on any atom is 0.164 e. The minimum absolute atomic E-state index is 0. The van der Waals surface area contributed by atoms with E-state index in [0.717, 1.165) is 48.7 Å². The van der Waals surface area contributed by atoms with Crippen molar-refractivity contribution in [3.8, 4) is 11.3 Å². The SMILES string of the molecule is CCC(C)(CC)C(=O)/C=C(\O)C(C)(CC)CC.Cc1c(CC(C)C)sc2c1ccc1c3ccnc(-c4[c-]c5ccccc5c(C(C)(C)C)c4)c3sc12.[Ir]. The van der Waals surface area contributed by atoms with E-state index in [0.29, 0.717) is 5.92 Å². The first-order chi connectivity index (χ1) is 24.5. The van der Waals surface area contributed by atoms with Crippen LogP contribution in [0, 0.1) is 29.7 Å². The number of ketones is 1. The van der Waals surface area contributed by atoms with E-state index in [2.05, 4.69) is 96.1 Å². The number of pyridine rings is 1. The molecule has 0 amide bonds. The van der Waals surface area contributed by atoms with Crippen molar-refractivity contribution in [1.29, 1.82) is 0 Å². The maximum atomic E-state index is 12.2. The van der Waals surface area contributed by atoms with E-state index in [1.165, 1.54) is 57.7 Å². The number of aliphatic hydroxyl groups is 1. The van der Waals surface area contributed by atoms with E-state index in [1.807, 2.05) is 70.4 Å². The summed E-state index contributed by atoms with van der Waals surface area (Å²) in [6.07, 6.45) is 7.87. The summed E-state index contributed by atoms with van der Waals surface area (Å²) in [5, 5.41) is 16.6. The number of hydrogen-bond acceptors (Lipinski definition) is 5. The number of aromatic nitrogens is 1. The largest absolute Gasteiger partial charge is 0.512 e. The Balaban J connectivity index is 0.000000299. The third-order valence-electron chi connectivity index (χ3n) is 11.6. The zero-order valence-corrected chi connectivity index (χ0v) is 37.9. The van der Waals surface area contributed by atoms with Crippen molar-refractivity contribution >= 4 is 69.5 Å². The summed E-state index contributed by atoms with van der Waals surface area (Å²) < 4.78 is 4.09. The number of nitrogens with zero attached hydrogens (tertiary/aromatic N) is 1. The normalized spacial score (nSPS) is 12.8. The minimum Gasteiger partial charge on any atom is -0.512 e. The molecule has 0 aliphatic carbocycles. The van der Waals surface area contributed by atoms with Crippen molar-refractivity contribution in [1.82, 2.24) is 4.98 Å². The quantitative estimate of drug-likeness (QED) is 0.0846. The standard InChI is InChI=1S/C32H30NS2.C15H28O2.Ir/c1-18(2)15-27-19(3)22-11-12-24-25-13-14-33-28(29(25)35-31(24)30(22)34-27)21-16-20-9-7-8-10-23(20)26(17-21)32(4,5)6;1-7-14(5,8-2)12(16)11-13(17)15(6,9-3)10-4;/h7-14,17-18H,15H2,1-6H3;11,16H,7-10H2,1-6H3;/q-1;;/b;12-11-;. The molecule has 0 saturated carbocycles. The molecule has 0 saturated heterocycles. The number of aliphatic hydroxyl groups excluding tert-OH is 1. The van der Waals surface area contributed by atoms with Crippen molar-refractivity contribution in [2.24, 2.45) is 16.7 Å². The Morgan fingerprint density at radius 3 is 2.00 bits per heavy atom. The average molecular weight is 925 g/mol. The van der Waals surface area contributed by atoms with Crippen molar-refractivity contribution in [2.75, 3.05) is 0 Å². The van der Waals surface area contributed by atoms with Crippen LogP contribution in [0.3, 0.4) is 0 Å². The Bertz CT molecular complexity index is 2260. The Morgan fingerprint density at radius 1 is 0.811 bits per heavy atom. The van der Waals surface area contributed by atoms with Crippen LogP contribution in [0.15, 0.2) is 66.6 Å². The Kier molecular flexibility index (Phi) is 13.6. The summed E-state index contributed by atoms with van der Waals surface area (Å²) >= 11 is 3.89. The fraction of sp³-hybridized carbons (Fsp3) is 0.447.